The highest BCUT2D eigenvalue weighted by Gasteiger charge is 2.20. The molecule has 0 spiro atoms. The van der Waals surface area contributed by atoms with Crippen LogP contribution in [-0.2, 0) is 15.8 Å². The minimum Gasteiger partial charge on any atom is -0.497 e. The van der Waals surface area contributed by atoms with Crippen molar-refractivity contribution in [3.63, 3.8) is 0 Å². The number of ether oxygens (including phenoxy) is 1. The van der Waals surface area contributed by atoms with E-state index in [2.05, 4.69) is 4.72 Å². The number of halogens is 2. The van der Waals surface area contributed by atoms with Gasteiger partial charge in [-0.3, -0.25) is 0 Å². The van der Waals surface area contributed by atoms with E-state index in [9.17, 15) is 8.42 Å². The maximum Gasteiger partial charge on any atom is 0.216 e. The lowest BCUT2D eigenvalue weighted by Gasteiger charge is -2.18. The van der Waals surface area contributed by atoms with Crippen molar-refractivity contribution in [2.45, 2.75) is 25.1 Å². The molecule has 0 saturated carbocycles. The van der Waals surface area contributed by atoms with Crippen molar-refractivity contribution in [3.05, 3.63) is 63.6 Å². The molecule has 0 bridgehead atoms. The Hall–Kier alpha value is -1.27. The predicted octanol–water partition coefficient (Wildman–Crippen LogP) is 4.57. The summed E-state index contributed by atoms with van der Waals surface area (Å²) < 4.78 is 32.8. The third-order valence-electron chi connectivity index (χ3n) is 3.61. The predicted molar refractivity (Wildman–Crippen MR) is 98.2 cm³/mol. The molecule has 2 rings (SSSR count). The lowest BCUT2D eigenvalue weighted by molar-refractivity contribution is 0.414. The van der Waals surface area contributed by atoms with Gasteiger partial charge in [-0.1, -0.05) is 48.3 Å². The summed E-state index contributed by atoms with van der Waals surface area (Å²) in [4.78, 5) is 0. The highest BCUT2D eigenvalue weighted by molar-refractivity contribution is 7.88. The Balaban J connectivity index is 2.15. The largest absolute Gasteiger partial charge is 0.497 e. The van der Waals surface area contributed by atoms with Crippen LogP contribution in [0.3, 0.4) is 0 Å². The molecule has 0 amide bonds. The van der Waals surface area contributed by atoms with Gasteiger partial charge in [0.05, 0.1) is 12.9 Å². The number of benzene rings is 2. The molecule has 0 aliphatic rings. The van der Waals surface area contributed by atoms with E-state index in [0.717, 1.165) is 11.3 Å². The van der Waals surface area contributed by atoms with E-state index >= 15 is 0 Å². The van der Waals surface area contributed by atoms with Crippen molar-refractivity contribution in [3.8, 4) is 5.75 Å². The molecule has 0 aliphatic heterocycles. The fraction of sp³-hybridized carbons (Fsp3) is 0.294. The molecule has 0 aliphatic carbocycles. The molecule has 0 aromatic heterocycles. The summed E-state index contributed by atoms with van der Waals surface area (Å²) in [5, 5.41) is 0.809. The molecule has 0 fully saturated rings. The van der Waals surface area contributed by atoms with E-state index in [4.69, 9.17) is 27.9 Å². The summed E-state index contributed by atoms with van der Waals surface area (Å²) >= 11 is 11.9. The van der Waals surface area contributed by atoms with Crippen LogP contribution in [0.15, 0.2) is 42.5 Å². The van der Waals surface area contributed by atoms with Crippen molar-refractivity contribution >= 4 is 33.2 Å². The number of sulfonamides is 1. The third kappa shape index (κ3) is 5.11. The number of methoxy groups -OCH3 is 1. The maximum atomic E-state index is 12.5. The lowest BCUT2D eigenvalue weighted by Crippen LogP contribution is -2.29. The van der Waals surface area contributed by atoms with E-state index in [1.165, 1.54) is 6.07 Å². The monoisotopic (exact) mass is 387 g/mol. The summed E-state index contributed by atoms with van der Waals surface area (Å²) in [6, 6.07) is 11.8. The molecule has 1 N–H and O–H groups in total. The highest BCUT2D eigenvalue weighted by atomic mass is 35.5. The second kappa shape index (κ2) is 8.21. The molecule has 0 radical (unpaired) electrons. The topological polar surface area (TPSA) is 55.4 Å². The SMILES string of the molecule is CC[C@@H](NS(=O)(=O)Cc1ccc(Cl)cc1Cl)c1ccc(OC)cc1. The Morgan fingerprint density at radius 2 is 1.79 bits per heavy atom. The van der Waals surface area contributed by atoms with Crippen molar-refractivity contribution in [1.82, 2.24) is 4.72 Å². The molecule has 0 unspecified atom stereocenters. The zero-order valence-electron chi connectivity index (χ0n) is 13.4. The zero-order chi connectivity index (χ0) is 17.7. The van der Waals surface area contributed by atoms with Crippen LogP contribution in [0.25, 0.3) is 0 Å². The molecule has 24 heavy (non-hydrogen) atoms. The van der Waals surface area contributed by atoms with Gasteiger partial charge in [0, 0.05) is 16.1 Å². The smallest absolute Gasteiger partial charge is 0.216 e. The van der Waals surface area contributed by atoms with Gasteiger partial charge in [0.1, 0.15) is 5.75 Å². The Labute approximate surface area is 152 Å². The summed E-state index contributed by atoms with van der Waals surface area (Å²) in [6.07, 6.45) is 0.625. The fourth-order valence-corrected chi connectivity index (χ4v) is 4.36. The van der Waals surface area contributed by atoms with Gasteiger partial charge in [0.25, 0.3) is 0 Å². The van der Waals surface area contributed by atoms with Crippen LogP contribution >= 0.6 is 23.2 Å². The molecular weight excluding hydrogens is 369 g/mol. The van der Waals surface area contributed by atoms with Crippen LogP contribution in [0, 0.1) is 0 Å². The zero-order valence-corrected chi connectivity index (χ0v) is 15.8. The number of rotatable bonds is 7. The van der Waals surface area contributed by atoms with Gasteiger partial charge in [-0.15, -0.1) is 0 Å². The molecule has 2 aromatic rings. The van der Waals surface area contributed by atoms with Gasteiger partial charge < -0.3 is 4.74 Å². The van der Waals surface area contributed by atoms with Gasteiger partial charge in [-0.05, 0) is 41.8 Å². The molecule has 0 heterocycles. The van der Waals surface area contributed by atoms with Crippen LogP contribution in [0.4, 0.5) is 0 Å². The van der Waals surface area contributed by atoms with Gasteiger partial charge >= 0.3 is 0 Å². The van der Waals surface area contributed by atoms with E-state index in [0.29, 0.717) is 22.0 Å². The molecule has 1 atom stereocenters. The average molecular weight is 388 g/mol. The first-order valence-electron chi connectivity index (χ1n) is 7.42. The van der Waals surface area contributed by atoms with Crippen molar-refractivity contribution < 1.29 is 13.2 Å². The maximum absolute atomic E-state index is 12.5. The van der Waals surface area contributed by atoms with E-state index < -0.39 is 10.0 Å². The van der Waals surface area contributed by atoms with Gasteiger partial charge in [0.2, 0.25) is 10.0 Å². The van der Waals surface area contributed by atoms with Gasteiger partial charge in [-0.25, -0.2) is 13.1 Å². The Morgan fingerprint density at radius 3 is 2.33 bits per heavy atom. The lowest BCUT2D eigenvalue weighted by atomic mass is 10.1. The van der Waals surface area contributed by atoms with E-state index in [1.807, 2.05) is 31.2 Å². The second-order valence-corrected chi connectivity index (χ2v) is 7.94. The molecule has 130 valence electrons. The first-order chi connectivity index (χ1) is 11.3. The highest BCUT2D eigenvalue weighted by Crippen LogP contribution is 2.25. The van der Waals surface area contributed by atoms with E-state index in [-0.39, 0.29) is 11.8 Å². The van der Waals surface area contributed by atoms with Gasteiger partial charge in [-0.2, -0.15) is 0 Å². The molecular formula is C17H19Cl2NO3S. The van der Waals surface area contributed by atoms with Crippen molar-refractivity contribution in [2.75, 3.05) is 7.11 Å². The van der Waals surface area contributed by atoms with Crippen molar-refractivity contribution in [2.24, 2.45) is 0 Å². The van der Waals surface area contributed by atoms with Crippen LogP contribution in [-0.4, -0.2) is 15.5 Å². The van der Waals surface area contributed by atoms with E-state index in [1.54, 1.807) is 19.2 Å². The standard InChI is InChI=1S/C17H19Cl2NO3S/c1-3-17(12-5-8-15(23-2)9-6-12)20-24(21,22)11-13-4-7-14(18)10-16(13)19/h4-10,17,20H,3,11H2,1-2H3/t17-/m1/s1. The fourth-order valence-electron chi connectivity index (χ4n) is 2.33. The first kappa shape index (κ1) is 19.1. The number of hydrogen-bond donors (Lipinski definition) is 1. The van der Waals surface area contributed by atoms with Crippen LogP contribution in [0.5, 0.6) is 5.75 Å². The summed E-state index contributed by atoms with van der Waals surface area (Å²) in [6.45, 7) is 1.92. The Bertz CT molecular complexity index is 792. The third-order valence-corrected chi connectivity index (χ3v) is 5.53. The minimum absolute atomic E-state index is 0.199. The summed E-state index contributed by atoms with van der Waals surface area (Å²) in [5.41, 5.74) is 1.39. The minimum atomic E-state index is -3.55. The Morgan fingerprint density at radius 1 is 1.12 bits per heavy atom. The molecule has 7 heteroatoms. The normalized spacial score (nSPS) is 12.8. The molecule has 2 aromatic carbocycles. The first-order valence-corrected chi connectivity index (χ1v) is 9.83. The molecule has 4 nitrogen and oxygen atoms in total. The van der Waals surface area contributed by atoms with Gasteiger partial charge in [0.15, 0.2) is 0 Å². The number of nitrogens with one attached hydrogen (secondary N) is 1. The van der Waals surface area contributed by atoms with Crippen LogP contribution in [0.2, 0.25) is 10.0 Å². The average Bonchev–Trinajstić information content (AvgIpc) is 2.55. The summed E-state index contributed by atoms with van der Waals surface area (Å²) in [7, 11) is -1.97. The number of hydrogen-bond acceptors (Lipinski definition) is 3. The summed E-state index contributed by atoms with van der Waals surface area (Å²) in [5.74, 6) is 0.528. The van der Waals surface area contributed by atoms with Crippen molar-refractivity contribution in [1.29, 1.82) is 0 Å². The molecule has 0 saturated heterocycles. The van der Waals surface area contributed by atoms with Crippen LogP contribution < -0.4 is 9.46 Å². The Kier molecular flexibility index (Phi) is 6.52. The van der Waals surface area contributed by atoms with Crippen LogP contribution in [0.1, 0.15) is 30.5 Å². The second-order valence-electron chi connectivity index (χ2n) is 5.35. The quantitative estimate of drug-likeness (QED) is 0.756.